The summed E-state index contributed by atoms with van der Waals surface area (Å²) >= 11 is 0. The van der Waals surface area contributed by atoms with Crippen LogP contribution in [-0.4, -0.2) is 4.57 Å². The van der Waals surface area contributed by atoms with E-state index in [1.165, 1.54) is 71.6 Å². The van der Waals surface area contributed by atoms with Crippen LogP contribution < -0.4 is 0 Å². The van der Waals surface area contributed by atoms with Gasteiger partial charge in [0, 0.05) is 38.2 Å². The average molecular weight is 568 g/mol. The maximum atomic E-state index is 6.58. The van der Waals surface area contributed by atoms with Gasteiger partial charge in [0.2, 0.25) is 0 Å². The van der Waals surface area contributed by atoms with Gasteiger partial charge in [-0.1, -0.05) is 113 Å². The molecule has 0 saturated heterocycles. The minimum Gasteiger partial charge on any atom is -0.456 e. The van der Waals surface area contributed by atoms with Gasteiger partial charge in [-0.2, -0.15) is 0 Å². The van der Waals surface area contributed by atoms with E-state index in [1.54, 1.807) is 0 Å². The Balaban J connectivity index is 1.19. The lowest BCUT2D eigenvalue weighted by Crippen LogP contribution is -2.43. The van der Waals surface area contributed by atoms with Crippen molar-refractivity contribution in [3.05, 3.63) is 139 Å². The minimum atomic E-state index is -0.151. The summed E-state index contributed by atoms with van der Waals surface area (Å²) in [6.45, 7) is 9.56. The summed E-state index contributed by atoms with van der Waals surface area (Å²) in [5.41, 5.74) is 13.1. The molecule has 212 valence electrons. The SMILES string of the molecule is CC1(C)c2cc(-c3ccc(-n4c5ccccc5c5ccccc54)cc3)ccc2-c2ccc3c(oc4ccccc43)c2C1(C)C. The molecule has 2 heterocycles. The van der Waals surface area contributed by atoms with Gasteiger partial charge in [-0.05, 0) is 75.7 Å². The Morgan fingerprint density at radius 3 is 1.80 bits per heavy atom. The fourth-order valence-corrected chi connectivity index (χ4v) is 7.76. The first-order chi connectivity index (χ1) is 21.3. The molecule has 44 heavy (non-hydrogen) atoms. The first kappa shape index (κ1) is 25.4. The molecule has 6 aromatic carbocycles. The van der Waals surface area contributed by atoms with Crippen LogP contribution in [0.4, 0.5) is 0 Å². The van der Waals surface area contributed by atoms with Gasteiger partial charge in [-0.3, -0.25) is 0 Å². The van der Waals surface area contributed by atoms with Crippen molar-refractivity contribution in [1.29, 1.82) is 0 Å². The second kappa shape index (κ2) is 8.74. The smallest absolute Gasteiger partial charge is 0.139 e. The summed E-state index contributed by atoms with van der Waals surface area (Å²) < 4.78 is 8.96. The molecular formula is C42H33NO. The number of benzene rings is 6. The third kappa shape index (κ3) is 3.26. The molecule has 1 aliphatic carbocycles. The van der Waals surface area contributed by atoms with E-state index in [9.17, 15) is 0 Å². The minimum absolute atomic E-state index is 0.123. The first-order valence-corrected chi connectivity index (χ1v) is 15.5. The van der Waals surface area contributed by atoms with E-state index in [4.69, 9.17) is 4.42 Å². The highest BCUT2D eigenvalue weighted by Crippen LogP contribution is 2.56. The van der Waals surface area contributed by atoms with Crippen LogP contribution >= 0.6 is 0 Å². The molecule has 2 nitrogen and oxygen atoms in total. The van der Waals surface area contributed by atoms with E-state index in [0.717, 1.165) is 11.2 Å². The molecule has 0 spiro atoms. The molecule has 0 radical (unpaired) electrons. The standard InChI is InChI=1S/C42H33NO/c1-41(2)35-25-27(26-17-20-28(21-18-26)43-36-14-8-5-11-30(36)31-12-6-9-15-37(31)43)19-22-29(35)33-23-24-34-32-13-7-10-16-38(32)44-40(34)39(33)42(41,3)4/h5-25H,1-4H3. The number of nitrogens with zero attached hydrogens (tertiary/aromatic N) is 1. The van der Waals surface area contributed by atoms with E-state index >= 15 is 0 Å². The quantitative estimate of drug-likeness (QED) is 0.203. The lowest BCUT2D eigenvalue weighted by molar-refractivity contribution is 0.299. The monoisotopic (exact) mass is 567 g/mol. The molecule has 0 amide bonds. The number of hydrogen-bond donors (Lipinski definition) is 0. The van der Waals surface area contributed by atoms with Crippen molar-refractivity contribution in [2.45, 2.75) is 38.5 Å². The Bertz CT molecular complexity index is 2380. The highest BCUT2D eigenvalue weighted by molar-refractivity contribution is 6.10. The average Bonchev–Trinajstić information content (AvgIpc) is 3.59. The molecule has 0 saturated carbocycles. The van der Waals surface area contributed by atoms with Crippen molar-refractivity contribution in [2.75, 3.05) is 0 Å². The number of fused-ring (bicyclic) bond motifs is 10. The van der Waals surface area contributed by atoms with Crippen LogP contribution in [0, 0.1) is 0 Å². The van der Waals surface area contributed by atoms with Crippen LogP contribution in [0.15, 0.2) is 132 Å². The van der Waals surface area contributed by atoms with E-state index in [0.29, 0.717) is 0 Å². The first-order valence-electron chi connectivity index (χ1n) is 15.5. The number of rotatable bonds is 2. The highest BCUT2D eigenvalue weighted by atomic mass is 16.3. The summed E-state index contributed by atoms with van der Waals surface area (Å²) in [4.78, 5) is 0. The van der Waals surface area contributed by atoms with Crippen LogP contribution in [0.5, 0.6) is 0 Å². The summed E-state index contributed by atoms with van der Waals surface area (Å²) in [5.74, 6) is 0. The number of hydrogen-bond acceptors (Lipinski definition) is 1. The zero-order chi connectivity index (χ0) is 29.8. The molecule has 0 unspecified atom stereocenters. The summed E-state index contributed by atoms with van der Waals surface area (Å²) in [6.07, 6.45) is 0. The Morgan fingerprint density at radius 2 is 1.09 bits per heavy atom. The van der Waals surface area contributed by atoms with Crippen molar-refractivity contribution < 1.29 is 4.42 Å². The van der Waals surface area contributed by atoms with Crippen molar-refractivity contribution in [3.63, 3.8) is 0 Å². The third-order valence-corrected chi connectivity index (χ3v) is 10.8. The molecule has 2 heteroatoms. The highest BCUT2D eigenvalue weighted by Gasteiger charge is 2.47. The Kier molecular flexibility index (Phi) is 5.05. The number of para-hydroxylation sites is 3. The topological polar surface area (TPSA) is 18.1 Å². The maximum Gasteiger partial charge on any atom is 0.139 e. The molecule has 0 aliphatic heterocycles. The second-order valence-electron chi connectivity index (χ2n) is 13.4. The van der Waals surface area contributed by atoms with Crippen LogP contribution in [0.3, 0.4) is 0 Å². The number of aromatic nitrogens is 1. The van der Waals surface area contributed by atoms with E-state index in [-0.39, 0.29) is 10.8 Å². The van der Waals surface area contributed by atoms with Gasteiger partial charge < -0.3 is 8.98 Å². The molecule has 1 aliphatic rings. The van der Waals surface area contributed by atoms with Crippen LogP contribution in [-0.2, 0) is 10.8 Å². The van der Waals surface area contributed by atoms with Gasteiger partial charge in [-0.15, -0.1) is 0 Å². The summed E-state index contributed by atoms with van der Waals surface area (Å²) in [6, 6.07) is 46.4. The van der Waals surface area contributed by atoms with Crippen molar-refractivity contribution in [1.82, 2.24) is 4.57 Å². The summed E-state index contributed by atoms with van der Waals surface area (Å²) in [5, 5.41) is 4.95. The molecule has 0 N–H and O–H groups in total. The van der Waals surface area contributed by atoms with Crippen LogP contribution in [0.1, 0.15) is 38.8 Å². The second-order valence-corrected chi connectivity index (χ2v) is 13.4. The summed E-state index contributed by atoms with van der Waals surface area (Å²) in [7, 11) is 0. The molecule has 0 atom stereocenters. The zero-order valence-electron chi connectivity index (χ0n) is 25.5. The maximum absolute atomic E-state index is 6.58. The van der Waals surface area contributed by atoms with Gasteiger partial charge in [0.05, 0.1) is 11.0 Å². The predicted molar refractivity (Wildman–Crippen MR) is 185 cm³/mol. The Morgan fingerprint density at radius 1 is 0.500 bits per heavy atom. The lowest BCUT2D eigenvalue weighted by Gasteiger charge is -2.48. The van der Waals surface area contributed by atoms with Crippen molar-refractivity contribution in [2.24, 2.45) is 0 Å². The number of furan rings is 1. The van der Waals surface area contributed by atoms with Gasteiger partial charge >= 0.3 is 0 Å². The van der Waals surface area contributed by atoms with E-state index < -0.39 is 0 Å². The molecule has 8 aromatic rings. The fraction of sp³-hybridized carbons (Fsp3) is 0.143. The molecule has 0 fully saturated rings. The largest absolute Gasteiger partial charge is 0.456 e. The Hall–Kier alpha value is -5.08. The van der Waals surface area contributed by atoms with E-state index in [2.05, 4.69) is 160 Å². The Labute approximate surface area is 257 Å². The van der Waals surface area contributed by atoms with Gasteiger partial charge in [0.1, 0.15) is 11.2 Å². The van der Waals surface area contributed by atoms with Gasteiger partial charge in [-0.25, -0.2) is 0 Å². The molecule has 2 aromatic heterocycles. The van der Waals surface area contributed by atoms with Gasteiger partial charge in [0.15, 0.2) is 0 Å². The molecule has 0 bridgehead atoms. The molecular weight excluding hydrogens is 534 g/mol. The van der Waals surface area contributed by atoms with Crippen LogP contribution in [0.25, 0.3) is 71.7 Å². The normalized spacial score (nSPS) is 15.2. The fourth-order valence-electron chi connectivity index (χ4n) is 7.76. The molecule has 9 rings (SSSR count). The van der Waals surface area contributed by atoms with Gasteiger partial charge in [0.25, 0.3) is 0 Å². The van der Waals surface area contributed by atoms with Crippen molar-refractivity contribution >= 4 is 43.7 Å². The third-order valence-electron chi connectivity index (χ3n) is 10.8. The van der Waals surface area contributed by atoms with Crippen molar-refractivity contribution in [3.8, 4) is 27.9 Å². The zero-order valence-corrected chi connectivity index (χ0v) is 25.5. The van der Waals surface area contributed by atoms with Crippen LogP contribution in [0.2, 0.25) is 0 Å². The van der Waals surface area contributed by atoms with E-state index in [1.807, 2.05) is 0 Å². The predicted octanol–water partition coefficient (Wildman–Crippen LogP) is 11.6. The lowest BCUT2D eigenvalue weighted by atomic mass is 9.55.